The molecule has 0 atom stereocenters. The number of aromatic amines is 1. The molecular weight excluding hydrogens is 418 g/mol. The molecule has 33 heavy (non-hydrogen) atoms. The van der Waals surface area contributed by atoms with Gasteiger partial charge in [-0.2, -0.15) is 0 Å². The standard InChI is InChI=1S/C25H25N5O3/c31-25(27-13-12-26-16-20-6-3-5-19-4-1-2-7-23(19)20)15-21-17-28-24(29-21)14-18-8-10-22(11-9-18)30(32)33/h1-11,17,26H,12-16H2,(H,27,31)(H,28,29). The van der Waals surface area contributed by atoms with Crippen molar-refractivity contribution in [2.24, 2.45) is 0 Å². The van der Waals surface area contributed by atoms with Gasteiger partial charge in [0.25, 0.3) is 5.69 Å². The lowest BCUT2D eigenvalue weighted by Crippen LogP contribution is -2.32. The van der Waals surface area contributed by atoms with Gasteiger partial charge in [0.15, 0.2) is 0 Å². The van der Waals surface area contributed by atoms with Crippen molar-refractivity contribution in [2.75, 3.05) is 13.1 Å². The molecule has 0 saturated carbocycles. The van der Waals surface area contributed by atoms with Gasteiger partial charge in [-0.25, -0.2) is 4.98 Å². The lowest BCUT2D eigenvalue weighted by molar-refractivity contribution is -0.384. The molecule has 168 valence electrons. The van der Waals surface area contributed by atoms with Crippen molar-refractivity contribution < 1.29 is 9.72 Å². The zero-order valence-electron chi connectivity index (χ0n) is 18.1. The molecule has 0 aliphatic rings. The Balaban J connectivity index is 1.19. The Morgan fingerprint density at radius 3 is 2.61 bits per heavy atom. The number of imidazole rings is 1. The Bertz CT molecular complexity index is 1250. The van der Waals surface area contributed by atoms with Gasteiger partial charge < -0.3 is 15.6 Å². The molecule has 0 aliphatic carbocycles. The Morgan fingerprint density at radius 2 is 1.79 bits per heavy atom. The lowest BCUT2D eigenvalue weighted by atomic mass is 10.0. The van der Waals surface area contributed by atoms with Crippen molar-refractivity contribution in [2.45, 2.75) is 19.4 Å². The van der Waals surface area contributed by atoms with Crippen LogP contribution in [0.15, 0.2) is 72.9 Å². The van der Waals surface area contributed by atoms with Gasteiger partial charge in [-0.3, -0.25) is 14.9 Å². The maximum absolute atomic E-state index is 12.2. The molecule has 8 heteroatoms. The maximum atomic E-state index is 12.2. The smallest absolute Gasteiger partial charge is 0.269 e. The van der Waals surface area contributed by atoms with Crippen LogP contribution in [0.5, 0.6) is 0 Å². The minimum absolute atomic E-state index is 0.0576. The summed E-state index contributed by atoms with van der Waals surface area (Å²) in [5.74, 6) is 0.635. The Morgan fingerprint density at radius 1 is 1.00 bits per heavy atom. The molecule has 1 heterocycles. The normalized spacial score (nSPS) is 10.9. The average Bonchev–Trinajstić information content (AvgIpc) is 3.25. The van der Waals surface area contributed by atoms with E-state index in [1.165, 1.54) is 28.5 Å². The zero-order valence-corrected chi connectivity index (χ0v) is 18.1. The largest absolute Gasteiger partial charge is 0.354 e. The van der Waals surface area contributed by atoms with E-state index in [1.807, 2.05) is 12.1 Å². The number of benzene rings is 3. The van der Waals surface area contributed by atoms with Crippen LogP contribution in [0.4, 0.5) is 5.69 Å². The van der Waals surface area contributed by atoms with Gasteiger partial charge in [0.2, 0.25) is 5.91 Å². The van der Waals surface area contributed by atoms with Gasteiger partial charge in [0.1, 0.15) is 5.82 Å². The number of nitrogens with one attached hydrogen (secondary N) is 3. The number of nitro groups is 1. The third-order valence-corrected chi connectivity index (χ3v) is 5.37. The van der Waals surface area contributed by atoms with Gasteiger partial charge in [0, 0.05) is 50.1 Å². The first-order chi connectivity index (χ1) is 16.1. The number of nitro benzene ring substituents is 1. The van der Waals surface area contributed by atoms with E-state index in [9.17, 15) is 14.9 Å². The van der Waals surface area contributed by atoms with Crippen LogP contribution in [-0.4, -0.2) is 33.9 Å². The predicted molar refractivity (Wildman–Crippen MR) is 127 cm³/mol. The Labute approximate surface area is 191 Å². The number of carbonyl (C=O) groups is 1. The molecule has 4 rings (SSSR count). The third kappa shape index (κ3) is 6.02. The van der Waals surface area contributed by atoms with Crippen LogP contribution < -0.4 is 10.6 Å². The van der Waals surface area contributed by atoms with Crippen molar-refractivity contribution in [3.63, 3.8) is 0 Å². The Hall–Kier alpha value is -4.04. The summed E-state index contributed by atoms with van der Waals surface area (Å²) in [5, 5.41) is 19.5. The van der Waals surface area contributed by atoms with Crippen molar-refractivity contribution in [1.82, 2.24) is 20.6 Å². The molecule has 0 saturated heterocycles. The second-order valence-corrected chi connectivity index (χ2v) is 7.80. The molecule has 0 unspecified atom stereocenters. The van der Waals surface area contributed by atoms with Crippen LogP contribution in [0, 0.1) is 10.1 Å². The zero-order chi connectivity index (χ0) is 23.0. The summed E-state index contributed by atoms with van der Waals surface area (Å²) in [4.78, 5) is 30.0. The van der Waals surface area contributed by atoms with E-state index in [4.69, 9.17) is 0 Å². The number of aromatic nitrogens is 2. The first-order valence-corrected chi connectivity index (χ1v) is 10.8. The van der Waals surface area contributed by atoms with E-state index < -0.39 is 4.92 Å². The molecule has 8 nitrogen and oxygen atoms in total. The molecular formula is C25H25N5O3. The third-order valence-electron chi connectivity index (χ3n) is 5.37. The monoisotopic (exact) mass is 443 g/mol. The SMILES string of the molecule is O=C(Cc1cnc(Cc2ccc([N+](=O)[O-])cc2)[nH]1)NCCNCc1cccc2ccccc12. The van der Waals surface area contributed by atoms with Crippen molar-refractivity contribution in [3.8, 4) is 0 Å². The fourth-order valence-corrected chi connectivity index (χ4v) is 3.71. The van der Waals surface area contributed by atoms with Crippen LogP contribution in [0.2, 0.25) is 0 Å². The van der Waals surface area contributed by atoms with Gasteiger partial charge in [-0.1, -0.05) is 54.6 Å². The number of H-pyrrole nitrogens is 1. The summed E-state index contributed by atoms with van der Waals surface area (Å²) >= 11 is 0. The summed E-state index contributed by atoms with van der Waals surface area (Å²) in [7, 11) is 0. The van der Waals surface area contributed by atoms with Crippen molar-refractivity contribution in [1.29, 1.82) is 0 Å². The van der Waals surface area contributed by atoms with Gasteiger partial charge >= 0.3 is 0 Å². The topological polar surface area (TPSA) is 113 Å². The van der Waals surface area contributed by atoms with Gasteiger partial charge in [0.05, 0.1) is 11.3 Å². The Kier molecular flexibility index (Phi) is 7.06. The number of hydrogen-bond acceptors (Lipinski definition) is 5. The van der Waals surface area contributed by atoms with Gasteiger partial charge in [-0.15, -0.1) is 0 Å². The molecule has 0 radical (unpaired) electrons. The first-order valence-electron chi connectivity index (χ1n) is 10.8. The fraction of sp³-hybridized carbons (Fsp3) is 0.200. The van der Waals surface area contributed by atoms with E-state index in [1.54, 1.807) is 18.3 Å². The molecule has 1 aromatic heterocycles. The second-order valence-electron chi connectivity index (χ2n) is 7.80. The number of non-ortho nitro benzene ring substituents is 1. The number of rotatable bonds is 10. The highest BCUT2D eigenvalue weighted by Crippen LogP contribution is 2.18. The number of nitrogens with zero attached hydrogens (tertiary/aromatic N) is 2. The summed E-state index contributed by atoms with van der Waals surface area (Å²) < 4.78 is 0. The number of amides is 1. The molecule has 3 N–H and O–H groups in total. The van der Waals surface area contributed by atoms with E-state index in [0.29, 0.717) is 25.3 Å². The molecule has 0 fully saturated rings. The van der Waals surface area contributed by atoms with Crippen molar-refractivity contribution in [3.05, 3.63) is 106 Å². The minimum atomic E-state index is -0.424. The van der Waals surface area contributed by atoms with Crippen molar-refractivity contribution >= 4 is 22.4 Å². The van der Waals surface area contributed by atoms with Crippen LogP contribution >= 0.6 is 0 Å². The number of hydrogen-bond donors (Lipinski definition) is 3. The highest BCUT2D eigenvalue weighted by atomic mass is 16.6. The van der Waals surface area contributed by atoms with E-state index in [0.717, 1.165) is 17.8 Å². The van der Waals surface area contributed by atoms with E-state index in [2.05, 4.69) is 50.9 Å². The molecule has 1 amide bonds. The highest BCUT2D eigenvalue weighted by Gasteiger charge is 2.09. The quantitative estimate of drug-likeness (QED) is 0.197. The summed E-state index contributed by atoms with van der Waals surface area (Å²) in [6, 6.07) is 20.9. The molecule has 4 aromatic rings. The van der Waals surface area contributed by atoms with E-state index in [-0.39, 0.29) is 18.0 Å². The number of carbonyl (C=O) groups excluding carboxylic acids is 1. The van der Waals surface area contributed by atoms with Crippen LogP contribution in [-0.2, 0) is 24.2 Å². The predicted octanol–water partition coefficient (Wildman–Crippen LogP) is 3.51. The van der Waals surface area contributed by atoms with Crippen LogP contribution in [0.25, 0.3) is 10.8 Å². The van der Waals surface area contributed by atoms with Crippen LogP contribution in [0.3, 0.4) is 0 Å². The highest BCUT2D eigenvalue weighted by molar-refractivity contribution is 5.85. The van der Waals surface area contributed by atoms with Gasteiger partial charge in [-0.05, 0) is 21.9 Å². The minimum Gasteiger partial charge on any atom is -0.354 e. The lowest BCUT2D eigenvalue weighted by Gasteiger charge is -2.09. The number of fused-ring (bicyclic) bond motifs is 1. The molecule has 0 aliphatic heterocycles. The van der Waals surface area contributed by atoms with Crippen LogP contribution in [0.1, 0.15) is 22.6 Å². The molecule has 3 aromatic carbocycles. The first kappa shape index (κ1) is 22.2. The maximum Gasteiger partial charge on any atom is 0.269 e. The molecule has 0 spiro atoms. The molecule has 0 bridgehead atoms. The summed E-state index contributed by atoms with van der Waals surface area (Å²) in [5.41, 5.74) is 2.93. The summed E-state index contributed by atoms with van der Waals surface area (Å²) in [6.07, 6.45) is 2.38. The average molecular weight is 444 g/mol. The summed E-state index contributed by atoms with van der Waals surface area (Å²) in [6.45, 7) is 1.94. The fourth-order valence-electron chi connectivity index (χ4n) is 3.71. The van der Waals surface area contributed by atoms with E-state index >= 15 is 0 Å². The second kappa shape index (κ2) is 10.5.